The Labute approximate surface area is 168 Å². The lowest BCUT2D eigenvalue weighted by Gasteiger charge is -2.38. The maximum atomic E-state index is 12.2. The van der Waals surface area contributed by atoms with Crippen molar-refractivity contribution in [1.82, 2.24) is 15.5 Å². The molecule has 0 saturated carbocycles. The molecule has 3 unspecified atom stereocenters. The molecule has 3 atom stereocenters. The Bertz CT molecular complexity index is 561. The zero-order valence-corrected chi connectivity index (χ0v) is 17.1. The predicted molar refractivity (Wildman–Crippen MR) is 110 cm³/mol. The van der Waals surface area contributed by atoms with Crippen molar-refractivity contribution in [3.8, 4) is 0 Å². The van der Waals surface area contributed by atoms with Crippen molar-refractivity contribution in [1.29, 1.82) is 0 Å². The maximum absolute atomic E-state index is 12.2. The van der Waals surface area contributed by atoms with E-state index in [4.69, 9.17) is 11.6 Å². The molecule has 2 fully saturated rings. The van der Waals surface area contributed by atoms with Crippen molar-refractivity contribution in [2.24, 2.45) is 5.92 Å². The smallest absolute Gasteiger partial charge is 0.237 e. The second-order valence-electron chi connectivity index (χ2n) is 7.37. The number of hydrogen-bond acceptors (Lipinski definition) is 3. The van der Waals surface area contributed by atoms with Crippen LogP contribution in [0.2, 0.25) is 5.02 Å². The van der Waals surface area contributed by atoms with Crippen LogP contribution in [-0.4, -0.2) is 43.0 Å². The summed E-state index contributed by atoms with van der Waals surface area (Å²) < 4.78 is 0. The number of carbonyl (C=O) groups excluding carboxylic acids is 1. The minimum absolute atomic E-state index is 0. The van der Waals surface area contributed by atoms with Crippen LogP contribution in [0.15, 0.2) is 24.3 Å². The highest BCUT2D eigenvalue weighted by atomic mass is 35.5. The molecule has 1 aromatic rings. The van der Waals surface area contributed by atoms with Crippen LogP contribution in [0, 0.1) is 5.92 Å². The molecule has 2 saturated heterocycles. The van der Waals surface area contributed by atoms with Gasteiger partial charge in [-0.2, -0.15) is 0 Å². The molecule has 2 aliphatic heterocycles. The van der Waals surface area contributed by atoms with Gasteiger partial charge in [-0.1, -0.05) is 30.7 Å². The number of nitrogens with zero attached hydrogens (tertiary/aromatic N) is 1. The van der Waals surface area contributed by atoms with Crippen molar-refractivity contribution in [2.45, 2.75) is 51.1 Å². The first-order chi connectivity index (χ1) is 12.2. The van der Waals surface area contributed by atoms with Gasteiger partial charge in [0.05, 0.1) is 6.04 Å². The third kappa shape index (κ3) is 5.59. The number of hydrogen-bond donors (Lipinski definition) is 2. The first-order valence-corrected chi connectivity index (χ1v) is 10.1. The minimum atomic E-state index is 0. The minimum Gasteiger partial charge on any atom is -0.354 e. The molecule has 4 nitrogen and oxygen atoms in total. The summed E-state index contributed by atoms with van der Waals surface area (Å²) in [6, 6.07) is 8.72. The number of carbonyl (C=O) groups is 1. The number of piperidine rings is 1. The molecule has 0 bridgehead atoms. The van der Waals surface area contributed by atoms with Crippen LogP contribution in [0.5, 0.6) is 0 Å². The molecular formula is C20H31Cl2N3O. The molecule has 3 rings (SSSR count). The molecule has 146 valence electrons. The quantitative estimate of drug-likeness (QED) is 0.764. The van der Waals surface area contributed by atoms with E-state index in [-0.39, 0.29) is 24.4 Å². The standard InChI is InChI=1S/C20H30ClN3O.ClH/c1-2-19(16-7-9-17(21)10-8-16)24-12-4-5-15(14-24)13-23-20(25)18-6-3-11-22-18;/h7-10,15,18-19,22H,2-6,11-14H2,1H3,(H,23,25);1H. The number of nitrogens with one attached hydrogen (secondary N) is 2. The van der Waals surface area contributed by atoms with Crippen LogP contribution in [0.1, 0.15) is 50.6 Å². The molecule has 26 heavy (non-hydrogen) atoms. The summed E-state index contributed by atoms with van der Waals surface area (Å²) in [6.07, 6.45) is 5.57. The Kier molecular flexibility index (Phi) is 8.68. The van der Waals surface area contributed by atoms with E-state index in [0.29, 0.717) is 12.0 Å². The van der Waals surface area contributed by atoms with Crippen molar-refractivity contribution in [2.75, 3.05) is 26.2 Å². The van der Waals surface area contributed by atoms with Gasteiger partial charge in [-0.15, -0.1) is 12.4 Å². The third-order valence-corrected chi connectivity index (χ3v) is 5.83. The normalized spacial score (nSPS) is 24.7. The van der Waals surface area contributed by atoms with Gasteiger partial charge < -0.3 is 10.6 Å². The highest BCUT2D eigenvalue weighted by Gasteiger charge is 2.27. The van der Waals surface area contributed by atoms with Crippen molar-refractivity contribution >= 4 is 29.9 Å². The van der Waals surface area contributed by atoms with Crippen LogP contribution < -0.4 is 10.6 Å². The summed E-state index contributed by atoms with van der Waals surface area (Å²) >= 11 is 6.03. The second kappa shape index (κ2) is 10.5. The van der Waals surface area contributed by atoms with Crippen LogP contribution in [0.4, 0.5) is 0 Å². The van der Waals surface area contributed by atoms with E-state index in [9.17, 15) is 4.79 Å². The van der Waals surface area contributed by atoms with Gasteiger partial charge >= 0.3 is 0 Å². The number of amides is 1. The molecule has 0 spiro atoms. The zero-order chi connectivity index (χ0) is 17.6. The molecule has 0 aliphatic carbocycles. The van der Waals surface area contributed by atoms with E-state index < -0.39 is 0 Å². The number of rotatable bonds is 6. The summed E-state index contributed by atoms with van der Waals surface area (Å²) in [5.41, 5.74) is 1.34. The highest BCUT2D eigenvalue weighted by molar-refractivity contribution is 6.30. The highest BCUT2D eigenvalue weighted by Crippen LogP contribution is 2.29. The van der Waals surface area contributed by atoms with E-state index in [1.54, 1.807) is 0 Å². The van der Waals surface area contributed by atoms with Crippen LogP contribution >= 0.6 is 24.0 Å². The molecule has 2 aliphatic rings. The number of benzene rings is 1. The monoisotopic (exact) mass is 399 g/mol. The lowest BCUT2D eigenvalue weighted by Crippen LogP contribution is -2.46. The van der Waals surface area contributed by atoms with Gasteiger partial charge in [0.1, 0.15) is 0 Å². The van der Waals surface area contributed by atoms with Gasteiger partial charge in [0.25, 0.3) is 0 Å². The van der Waals surface area contributed by atoms with E-state index in [1.807, 2.05) is 12.1 Å². The molecule has 2 heterocycles. The maximum Gasteiger partial charge on any atom is 0.237 e. The van der Waals surface area contributed by atoms with Crippen LogP contribution in [0.3, 0.4) is 0 Å². The summed E-state index contributed by atoms with van der Waals surface area (Å²) in [5, 5.41) is 7.24. The van der Waals surface area contributed by atoms with E-state index in [0.717, 1.165) is 50.5 Å². The summed E-state index contributed by atoms with van der Waals surface area (Å²) in [5.74, 6) is 0.722. The Morgan fingerprint density at radius 3 is 2.73 bits per heavy atom. The topological polar surface area (TPSA) is 44.4 Å². The first-order valence-electron chi connectivity index (χ1n) is 9.68. The Hall–Kier alpha value is -0.810. The second-order valence-corrected chi connectivity index (χ2v) is 7.81. The lowest BCUT2D eigenvalue weighted by molar-refractivity contribution is -0.123. The number of halogens is 2. The lowest BCUT2D eigenvalue weighted by atomic mass is 9.93. The Balaban J connectivity index is 0.00000243. The van der Waals surface area contributed by atoms with Gasteiger partial charge in [0, 0.05) is 24.2 Å². The molecular weight excluding hydrogens is 369 g/mol. The Morgan fingerprint density at radius 2 is 2.08 bits per heavy atom. The van der Waals surface area contributed by atoms with Crippen LogP contribution in [0.25, 0.3) is 0 Å². The summed E-state index contributed by atoms with van der Waals surface area (Å²) in [7, 11) is 0. The fourth-order valence-corrected chi connectivity index (χ4v) is 4.34. The average molecular weight is 400 g/mol. The molecule has 0 aromatic heterocycles. The van der Waals surface area contributed by atoms with Crippen molar-refractivity contribution in [3.05, 3.63) is 34.9 Å². The average Bonchev–Trinajstić information content (AvgIpc) is 3.17. The molecule has 6 heteroatoms. The van der Waals surface area contributed by atoms with E-state index in [2.05, 4.69) is 34.6 Å². The molecule has 1 aromatic carbocycles. The van der Waals surface area contributed by atoms with Gasteiger partial charge in [-0.25, -0.2) is 0 Å². The van der Waals surface area contributed by atoms with Gasteiger partial charge in [0.15, 0.2) is 0 Å². The SMILES string of the molecule is CCC(c1ccc(Cl)cc1)N1CCCC(CNC(=O)C2CCCN2)C1.Cl. The fraction of sp³-hybridized carbons (Fsp3) is 0.650. The summed E-state index contributed by atoms with van der Waals surface area (Å²) in [6.45, 7) is 6.20. The van der Waals surface area contributed by atoms with Gasteiger partial charge in [-0.05, 0) is 68.8 Å². The fourth-order valence-electron chi connectivity index (χ4n) is 4.21. The molecule has 1 amide bonds. The zero-order valence-electron chi connectivity index (χ0n) is 15.5. The predicted octanol–water partition coefficient (Wildman–Crippen LogP) is 3.79. The van der Waals surface area contributed by atoms with Crippen molar-refractivity contribution < 1.29 is 4.79 Å². The van der Waals surface area contributed by atoms with E-state index in [1.165, 1.54) is 18.4 Å². The molecule has 0 radical (unpaired) electrons. The molecule has 2 N–H and O–H groups in total. The summed E-state index contributed by atoms with van der Waals surface area (Å²) in [4.78, 5) is 14.8. The van der Waals surface area contributed by atoms with Crippen LogP contribution in [-0.2, 0) is 4.79 Å². The van der Waals surface area contributed by atoms with Gasteiger partial charge in [0.2, 0.25) is 5.91 Å². The number of likely N-dealkylation sites (tertiary alicyclic amines) is 1. The van der Waals surface area contributed by atoms with E-state index >= 15 is 0 Å². The first kappa shape index (κ1) is 21.5. The van der Waals surface area contributed by atoms with Crippen molar-refractivity contribution in [3.63, 3.8) is 0 Å². The third-order valence-electron chi connectivity index (χ3n) is 5.57. The Morgan fingerprint density at radius 1 is 1.31 bits per heavy atom. The largest absolute Gasteiger partial charge is 0.354 e. The van der Waals surface area contributed by atoms with Gasteiger partial charge in [-0.3, -0.25) is 9.69 Å².